The molecule has 0 unspecified atom stereocenters. The van der Waals surface area contributed by atoms with Gasteiger partial charge in [-0.2, -0.15) is 0 Å². The van der Waals surface area contributed by atoms with E-state index in [2.05, 4.69) is 0 Å². The van der Waals surface area contributed by atoms with E-state index in [1.165, 1.54) is 7.11 Å². The van der Waals surface area contributed by atoms with E-state index in [1.807, 2.05) is 19.1 Å². The molecule has 0 aliphatic heterocycles. The van der Waals surface area contributed by atoms with E-state index in [4.69, 9.17) is 18.9 Å². The van der Waals surface area contributed by atoms with Crippen LogP contribution in [0.5, 0.6) is 0 Å². The summed E-state index contributed by atoms with van der Waals surface area (Å²) in [5.74, 6) is 0. The summed E-state index contributed by atoms with van der Waals surface area (Å²) in [6.45, 7) is 2.17. The molecule has 0 aromatic rings. The average molecular weight is 234 g/mol. The first-order valence-electron chi connectivity index (χ1n) is 5.28. The number of hydrogen-bond acceptors (Lipinski definition) is 5. The third kappa shape index (κ3) is 6.92. The molecule has 0 aromatic carbocycles. The number of methoxy groups -OCH3 is 2. The SMILES string of the molecule is CC/C=C\[C@H](OCOC)[C@@H](CO)OCOC. The molecule has 2 atom stereocenters. The van der Waals surface area contributed by atoms with Gasteiger partial charge in [0.2, 0.25) is 0 Å². The Kier molecular flexibility index (Phi) is 10.7. The Morgan fingerprint density at radius 3 is 2.25 bits per heavy atom. The van der Waals surface area contributed by atoms with E-state index in [-0.39, 0.29) is 26.3 Å². The van der Waals surface area contributed by atoms with Crippen molar-refractivity contribution in [1.82, 2.24) is 0 Å². The van der Waals surface area contributed by atoms with Gasteiger partial charge in [-0.1, -0.05) is 19.1 Å². The van der Waals surface area contributed by atoms with Crippen LogP contribution in [-0.2, 0) is 18.9 Å². The zero-order chi connectivity index (χ0) is 12.2. The van der Waals surface area contributed by atoms with Crippen molar-refractivity contribution >= 4 is 0 Å². The molecule has 0 fully saturated rings. The molecule has 1 N–H and O–H groups in total. The van der Waals surface area contributed by atoms with Gasteiger partial charge in [0, 0.05) is 14.2 Å². The van der Waals surface area contributed by atoms with Crippen LogP contribution in [0.4, 0.5) is 0 Å². The van der Waals surface area contributed by atoms with Crippen LogP contribution in [0.15, 0.2) is 12.2 Å². The molecule has 0 heterocycles. The highest BCUT2D eigenvalue weighted by Crippen LogP contribution is 2.07. The van der Waals surface area contributed by atoms with Gasteiger partial charge in [0.25, 0.3) is 0 Å². The molecule has 0 aliphatic carbocycles. The van der Waals surface area contributed by atoms with Gasteiger partial charge < -0.3 is 24.1 Å². The molecule has 0 spiro atoms. The van der Waals surface area contributed by atoms with E-state index in [9.17, 15) is 5.11 Å². The molecule has 0 bridgehead atoms. The lowest BCUT2D eigenvalue weighted by atomic mass is 10.2. The second-order valence-electron chi connectivity index (χ2n) is 3.17. The Morgan fingerprint density at radius 1 is 1.12 bits per heavy atom. The summed E-state index contributed by atoms with van der Waals surface area (Å²) in [6.07, 6.45) is 3.93. The summed E-state index contributed by atoms with van der Waals surface area (Å²) >= 11 is 0. The lowest BCUT2D eigenvalue weighted by Gasteiger charge is -2.22. The molecule has 5 heteroatoms. The predicted molar refractivity (Wildman–Crippen MR) is 60.0 cm³/mol. The maximum absolute atomic E-state index is 9.19. The largest absolute Gasteiger partial charge is 0.394 e. The van der Waals surface area contributed by atoms with Crippen LogP contribution in [0, 0.1) is 0 Å². The van der Waals surface area contributed by atoms with Gasteiger partial charge in [0.1, 0.15) is 25.8 Å². The fourth-order valence-electron chi connectivity index (χ4n) is 1.11. The standard InChI is InChI=1S/C11H22O5/c1-4-5-6-10(15-8-13-2)11(7-12)16-9-14-3/h5-6,10-12H,4,7-9H2,1-3H3/b6-5-/t10-,11+/m0/s1. The summed E-state index contributed by atoms with van der Waals surface area (Å²) in [5.41, 5.74) is 0. The van der Waals surface area contributed by atoms with Gasteiger partial charge in [-0.25, -0.2) is 0 Å². The normalized spacial score (nSPS) is 15.5. The lowest BCUT2D eigenvalue weighted by molar-refractivity contribution is -0.153. The molecule has 16 heavy (non-hydrogen) atoms. The highest BCUT2D eigenvalue weighted by molar-refractivity contribution is 4.93. The van der Waals surface area contributed by atoms with Crippen molar-refractivity contribution in [1.29, 1.82) is 0 Å². The lowest BCUT2D eigenvalue weighted by Crippen LogP contribution is -2.34. The monoisotopic (exact) mass is 234 g/mol. The number of aliphatic hydroxyl groups is 1. The molecule has 0 saturated heterocycles. The van der Waals surface area contributed by atoms with Crippen LogP contribution in [0.25, 0.3) is 0 Å². The summed E-state index contributed by atoms with van der Waals surface area (Å²) in [6, 6.07) is 0. The van der Waals surface area contributed by atoms with Crippen LogP contribution < -0.4 is 0 Å². The molecule has 0 rings (SSSR count). The van der Waals surface area contributed by atoms with Crippen LogP contribution >= 0.6 is 0 Å². The minimum Gasteiger partial charge on any atom is -0.394 e. The summed E-state index contributed by atoms with van der Waals surface area (Å²) in [4.78, 5) is 0. The van der Waals surface area contributed by atoms with Crippen LogP contribution in [0.3, 0.4) is 0 Å². The third-order valence-electron chi connectivity index (χ3n) is 1.89. The second-order valence-corrected chi connectivity index (χ2v) is 3.17. The number of allylic oxidation sites excluding steroid dienone is 1. The fourth-order valence-corrected chi connectivity index (χ4v) is 1.11. The van der Waals surface area contributed by atoms with Crippen molar-refractivity contribution < 1.29 is 24.1 Å². The molecule has 96 valence electrons. The molecular formula is C11H22O5. The molecule has 0 aromatic heterocycles. The first kappa shape index (κ1) is 15.5. The van der Waals surface area contributed by atoms with Gasteiger partial charge in [0.05, 0.1) is 6.61 Å². The van der Waals surface area contributed by atoms with E-state index >= 15 is 0 Å². The first-order chi connectivity index (χ1) is 7.79. The average Bonchev–Trinajstić information content (AvgIpc) is 2.32. The van der Waals surface area contributed by atoms with Gasteiger partial charge in [-0.05, 0) is 6.42 Å². The Morgan fingerprint density at radius 2 is 1.75 bits per heavy atom. The van der Waals surface area contributed by atoms with Gasteiger partial charge >= 0.3 is 0 Å². The number of rotatable bonds is 10. The predicted octanol–water partition coefficient (Wildman–Crippen LogP) is 0.923. The van der Waals surface area contributed by atoms with Crippen LogP contribution in [0.2, 0.25) is 0 Å². The van der Waals surface area contributed by atoms with E-state index in [1.54, 1.807) is 7.11 Å². The second kappa shape index (κ2) is 11.0. The highest BCUT2D eigenvalue weighted by Gasteiger charge is 2.19. The summed E-state index contributed by atoms with van der Waals surface area (Å²) in [5, 5.41) is 9.19. The Hall–Kier alpha value is -0.460. The highest BCUT2D eigenvalue weighted by atomic mass is 16.7. The quantitative estimate of drug-likeness (QED) is 0.450. The minimum absolute atomic E-state index is 0.123. The number of ether oxygens (including phenoxy) is 4. The van der Waals surface area contributed by atoms with Gasteiger partial charge in [0.15, 0.2) is 0 Å². The molecular weight excluding hydrogens is 212 g/mol. The maximum atomic E-state index is 9.19. The molecule has 0 radical (unpaired) electrons. The Bertz CT molecular complexity index is 172. The van der Waals surface area contributed by atoms with Crippen LogP contribution in [0.1, 0.15) is 13.3 Å². The van der Waals surface area contributed by atoms with Gasteiger partial charge in [-0.3, -0.25) is 0 Å². The molecule has 5 nitrogen and oxygen atoms in total. The van der Waals surface area contributed by atoms with Crippen molar-refractivity contribution in [3.05, 3.63) is 12.2 Å². The van der Waals surface area contributed by atoms with Crippen molar-refractivity contribution in [3.63, 3.8) is 0 Å². The first-order valence-corrected chi connectivity index (χ1v) is 5.28. The van der Waals surface area contributed by atoms with Crippen molar-refractivity contribution in [2.24, 2.45) is 0 Å². The summed E-state index contributed by atoms with van der Waals surface area (Å²) < 4.78 is 20.3. The van der Waals surface area contributed by atoms with Crippen molar-refractivity contribution in [3.8, 4) is 0 Å². The number of hydrogen-bond donors (Lipinski definition) is 1. The molecule has 0 saturated carbocycles. The zero-order valence-electron chi connectivity index (χ0n) is 10.2. The van der Waals surface area contributed by atoms with Crippen LogP contribution in [-0.4, -0.2) is 51.7 Å². The van der Waals surface area contributed by atoms with E-state index in [0.29, 0.717) is 0 Å². The van der Waals surface area contributed by atoms with Gasteiger partial charge in [-0.15, -0.1) is 0 Å². The minimum atomic E-state index is -0.446. The molecule has 0 amide bonds. The van der Waals surface area contributed by atoms with Crippen molar-refractivity contribution in [2.75, 3.05) is 34.4 Å². The maximum Gasteiger partial charge on any atom is 0.147 e. The Labute approximate surface area is 96.9 Å². The zero-order valence-corrected chi connectivity index (χ0v) is 10.2. The Balaban J connectivity index is 4.23. The fraction of sp³-hybridized carbons (Fsp3) is 0.818. The smallest absolute Gasteiger partial charge is 0.147 e. The topological polar surface area (TPSA) is 57.2 Å². The van der Waals surface area contributed by atoms with E-state index in [0.717, 1.165) is 6.42 Å². The summed E-state index contributed by atoms with van der Waals surface area (Å²) in [7, 11) is 3.08. The number of aliphatic hydroxyl groups excluding tert-OH is 1. The third-order valence-corrected chi connectivity index (χ3v) is 1.89. The van der Waals surface area contributed by atoms with Crippen molar-refractivity contribution in [2.45, 2.75) is 25.6 Å². The van der Waals surface area contributed by atoms with E-state index < -0.39 is 6.10 Å². The molecule has 0 aliphatic rings.